The minimum absolute atomic E-state index is 0.0728. The number of hydrogen-bond acceptors (Lipinski definition) is 3. The van der Waals surface area contributed by atoms with Crippen LogP contribution in [-0.4, -0.2) is 25.0 Å². The van der Waals surface area contributed by atoms with Crippen molar-refractivity contribution in [1.29, 1.82) is 0 Å². The third-order valence-electron chi connectivity index (χ3n) is 2.70. The number of carbonyl (C=O) groups is 1. The van der Waals surface area contributed by atoms with E-state index in [1.165, 1.54) is 0 Å². The molecule has 1 aliphatic rings. The number of nitrogens with one attached hydrogen (secondary N) is 1. The molecule has 3 N–H and O–H groups in total. The Morgan fingerprint density at radius 1 is 1.53 bits per heavy atom. The standard InChI is InChI=1S/C11H15N3O/c1-8-11(15)13-5-6-14(8)10-4-2-3-9(12)7-10/h2-4,7-8H,5-6,12H2,1H3,(H,13,15). The fourth-order valence-corrected chi connectivity index (χ4v) is 1.84. The Balaban J connectivity index is 2.26. The van der Waals surface area contributed by atoms with Crippen LogP contribution in [0.4, 0.5) is 11.4 Å². The quantitative estimate of drug-likeness (QED) is 0.660. The van der Waals surface area contributed by atoms with Crippen molar-refractivity contribution < 1.29 is 4.79 Å². The molecule has 0 saturated carbocycles. The second kappa shape index (κ2) is 3.81. The molecule has 1 heterocycles. The minimum Gasteiger partial charge on any atom is -0.399 e. The van der Waals surface area contributed by atoms with Crippen LogP contribution in [-0.2, 0) is 4.79 Å². The van der Waals surface area contributed by atoms with Gasteiger partial charge in [-0.2, -0.15) is 0 Å². The molecule has 2 rings (SSSR count). The van der Waals surface area contributed by atoms with E-state index in [0.29, 0.717) is 6.54 Å². The Kier molecular flexibility index (Phi) is 2.49. The molecule has 1 aromatic carbocycles. The van der Waals surface area contributed by atoms with Gasteiger partial charge in [0.2, 0.25) is 5.91 Å². The highest BCUT2D eigenvalue weighted by Crippen LogP contribution is 2.20. The van der Waals surface area contributed by atoms with Gasteiger partial charge < -0.3 is 16.0 Å². The summed E-state index contributed by atoms with van der Waals surface area (Å²) in [6.07, 6.45) is 0. The first-order valence-electron chi connectivity index (χ1n) is 5.08. The molecule has 1 fully saturated rings. The van der Waals surface area contributed by atoms with Crippen LogP contribution in [0.2, 0.25) is 0 Å². The summed E-state index contributed by atoms with van der Waals surface area (Å²) < 4.78 is 0. The minimum atomic E-state index is -0.124. The lowest BCUT2D eigenvalue weighted by atomic mass is 10.1. The highest BCUT2D eigenvalue weighted by atomic mass is 16.2. The Labute approximate surface area is 89.1 Å². The molecular weight excluding hydrogens is 190 g/mol. The van der Waals surface area contributed by atoms with Crippen LogP contribution in [0.3, 0.4) is 0 Å². The van der Waals surface area contributed by atoms with E-state index in [4.69, 9.17) is 5.73 Å². The average Bonchev–Trinajstić information content (AvgIpc) is 2.22. The Hall–Kier alpha value is -1.71. The summed E-state index contributed by atoms with van der Waals surface area (Å²) in [5.41, 5.74) is 7.46. The highest BCUT2D eigenvalue weighted by Gasteiger charge is 2.25. The predicted octanol–water partition coefficient (Wildman–Crippen LogP) is 0.593. The summed E-state index contributed by atoms with van der Waals surface area (Å²) in [5, 5.41) is 2.83. The Morgan fingerprint density at radius 3 is 3.07 bits per heavy atom. The van der Waals surface area contributed by atoms with Gasteiger partial charge >= 0.3 is 0 Å². The average molecular weight is 205 g/mol. The van der Waals surface area contributed by atoms with Crippen molar-refractivity contribution in [3.63, 3.8) is 0 Å². The molecule has 1 aromatic rings. The number of carbonyl (C=O) groups excluding carboxylic acids is 1. The van der Waals surface area contributed by atoms with Crippen molar-refractivity contribution in [1.82, 2.24) is 5.32 Å². The normalized spacial score (nSPS) is 21.3. The molecule has 0 aliphatic carbocycles. The molecule has 4 heteroatoms. The molecule has 1 saturated heterocycles. The van der Waals surface area contributed by atoms with E-state index in [0.717, 1.165) is 17.9 Å². The first-order chi connectivity index (χ1) is 7.18. The van der Waals surface area contributed by atoms with Gasteiger partial charge in [-0.15, -0.1) is 0 Å². The summed E-state index contributed by atoms with van der Waals surface area (Å²) in [5.74, 6) is 0.0728. The van der Waals surface area contributed by atoms with E-state index < -0.39 is 0 Å². The maximum Gasteiger partial charge on any atom is 0.242 e. The highest BCUT2D eigenvalue weighted by molar-refractivity contribution is 5.86. The van der Waals surface area contributed by atoms with Crippen LogP contribution < -0.4 is 16.0 Å². The lowest BCUT2D eigenvalue weighted by Gasteiger charge is -2.34. The number of piperazine rings is 1. The van der Waals surface area contributed by atoms with Gasteiger partial charge in [0.1, 0.15) is 6.04 Å². The SMILES string of the molecule is CC1C(=O)NCCN1c1cccc(N)c1. The van der Waals surface area contributed by atoms with Crippen molar-refractivity contribution in [2.24, 2.45) is 0 Å². The number of benzene rings is 1. The van der Waals surface area contributed by atoms with Crippen LogP contribution >= 0.6 is 0 Å². The first kappa shape index (κ1) is 9.83. The summed E-state index contributed by atoms with van der Waals surface area (Å²) in [7, 11) is 0. The van der Waals surface area contributed by atoms with E-state index in [-0.39, 0.29) is 11.9 Å². The number of nitrogens with zero attached hydrogens (tertiary/aromatic N) is 1. The maximum atomic E-state index is 11.5. The third-order valence-corrected chi connectivity index (χ3v) is 2.70. The molecule has 4 nitrogen and oxygen atoms in total. The van der Waals surface area contributed by atoms with Gasteiger partial charge in [-0.25, -0.2) is 0 Å². The Bertz CT molecular complexity index is 378. The van der Waals surface area contributed by atoms with Gasteiger partial charge in [0.05, 0.1) is 0 Å². The second-order valence-electron chi connectivity index (χ2n) is 3.76. The molecular formula is C11H15N3O. The van der Waals surface area contributed by atoms with Crippen molar-refractivity contribution in [2.75, 3.05) is 23.7 Å². The molecule has 15 heavy (non-hydrogen) atoms. The lowest BCUT2D eigenvalue weighted by molar-refractivity contribution is -0.122. The fraction of sp³-hybridized carbons (Fsp3) is 0.364. The molecule has 1 aliphatic heterocycles. The van der Waals surface area contributed by atoms with E-state index in [1.54, 1.807) is 0 Å². The number of anilines is 2. The molecule has 0 spiro atoms. The monoisotopic (exact) mass is 205 g/mol. The predicted molar refractivity (Wildman–Crippen MR) is 60.7 cm³/mol. The number of amides is 1. The van der Waals surface area contributed by atoms with E-state index in [2.05, 4.69) is 10.2 Å². The van der Waals surface area contributed by atoms with Gasteiger partial charge in [-0.1, -0.05) is 6.07 Å². The molecule has 0 radical (unpaired) electrons. The summed E-state index contributed by atoms with van der Waals surface area (Å²) >= 11 is 0. The maximum absolute atomic E-state index is 11.5. The second-order valence-corrected chi connectivity index (χ2v) is 3.76. The van der Waals surface area contributed by atoms with Crippen LogP contribution in [0.5, 0.6) is 0 Å². The number of rotatable bonds is 1. The molecule has 1 amide bonds. The van der Waals surface area contributed by atoms with Crippen LogP contribution in [0, 0.1) is 0 Å². The topological polar surface area (TPSA) is 58.4 Å². The third kappa shape index (κ3) is 1.88. The van der Waals surface area contributed by atoms with Gasteiger partial charge in [-0.3, -0.25) is 4.79 Å². The number of nitrogens with two attached hydrogens (primary N) is 1. The van der Waals surface area contributed by atoms with Crippen molar-refractivity contribution in [3.8, 4) is 0 Å². The zero-order valence-corrected chi connectivity index (χ0v) is 8.73. The zero-order valence-electron chi connectivity index (χ0n) is 8.73. The van der Waals surface area contributed by atoms with Crippen LogP contribution in [0.25, 0.3) is 0 Å². The number of hydrogen-bond donors (Lipinski definition) is 2. The van der Waals surface area contributed by atoms with Crippen molar-refractivity contribution in [3.05, 3.63) is 24.3 Å². The van der Waals surface area contributed by atoms with Gasteiger partial charge in [0.15, 0.2) is 0 Å². The summed E-state index contributed by atoms with van der Waals surface area (Å²) in [6, 6.07) is 7.50. The number of nitrogen functional groups attached to an aromatic ring is 1. The first-order valence-corrected chi connectivity index (χ1v) is 5.08. The molecule has 0 bridgehead atoms. The molecule has 1 atom stereocenters. The van der Waals surface area contributed by atoms with E-state index >= 15 is 0 Å². The fourth-order valence-electron chi connectivity index (χ4n) is 1.84. The lowest BCUT2D eigenvalue weighted by Crippen LogP contribution is -2.54. The van der Waals surface area contributed by atoms with E-state index in [1.807, 2.05) is 31.2 Å². The van der Waals surface area contributed by atoms with Crippen molar-refractivity contribution >= 4 is 17.3 Å². The van der Waals surface area contributed by atoms with Crippen LogP contribution in [0.15, 0.2) is 24.3 Å². The summed E-state index contributed by atoms with van der Waals surface area (Å²) in [4.78, 5) is 13.5. The largest absolute Gasteiger partial charge is 0.399 e. The van der Waals surface area contributed by atoms with Gasteiger partial charge in [0, 0.05) is 24.5 Å². The Morgan fingerprint density at radius 2 is 2.33 bits per heavy atom. The summed E-state index contributed by atoms with van der Waals surface area (Å²) in [6.45, 7) is 3.42. The van der Waals surface area contributed by atoms with Crippen molar-refractivity contribution in [2.45, 2.75) is 13.0 Å². The van der Waals surface area contributed by atoms with E-state index in [9.17, 15) is 4.79 Å². The smallest absolute Gasteiger partial charge is 0.242 e. The van der Waals surface area contributed by atoms with Gasteiger partial charge in [-0.05, 0) is 25.1 Å². The molecule has 80 valence electrons. The molecule has 1 unspecified atom stereocenters. The zero-order chi connectivity index (χ0) is 10.8. The van der Waals surface area contributed by atoms with Crippen LogP contribution in [0.1, 0.15) is 6.92 Å². The van der Waals surface area contributed by atoms with Gasteiger partial charge in [0.25, 0.3) is 0 Å². The molecule has 0 aromatic heterocycles.